The van der Waals surface area contributed by atoms with Crippen LogP contribution in [0.2, 0.25) is 0 Å². The first-order chi connectivity index (χ1) is 8.87. The minimum atomic E-state index is -0.0997. The number of nitrogens with one attached hydrogen (secondary N) is 1. The van der Waals surface area contributed by atoms with Gasteiger partial charge >= 0.3 is 0 Å². The van der Waals surface area contributed by atoms with Gasteiger partial charge in [-0.15, -0.1) is 12.4 Å². The Morgan fingerprint density at radius 2 is 1.85 bits per heavy atom. The highest BCUT2D eigenvalue weighted by Crippen LogP contribution is 2.28. The van der Waals surface area contributed by atoms with Crippen molar-refractivity contribution in [2.75, 3.05) is 0 Å². The zero-order chi connectivity index (χ0) is 14.5. The van der Waals surface area contributed by atoms with Crippen molar-refractivity contribution >= 4 is 18.3 Å². The van der Waals surface area contributed by atoms with Crippen molar-refractivity contribution in [3.8, 4) is 0 Å². The summed E-state index contributed by atoms with van der Waals surface area (Å²) >= 11 is 0. The van der Waals surface area contributed by atoms with Gasteiger partial charge in [0.2, 0.25) is 5.91 Å². The largest absolute Gasteiger partial charge is 0.352 e. The second-order valence-electron chi connectivity index (χ2n) is 5.80. The van der Waals surface area contributed by atoms with E-state index in [0.29, 0.717) is 6.42 Å². The molecule has 3 N–H and O–H groups in total. The fraction of sp³-hybridized carbons (Fsp3) is 0.562. The highest BCUT2D eigenvalue weighted by molar-refractivity contribution is 5.85. The topological polar surface area (TPSA) is 55.1 Å². The lowest BCUT2D eigenvalue weighted by Gasteiger charge is -2.35. The highest BCUT2D eigenvalue weighted by atomic mass is 35.5. The fourth-order valence-corrected chi connectivity index (χ4v) is 2.41. The van der Waals surface area contributed by atoms with Crippen molar-refractivity contribution in [3.63, 3.8) is 0 Å². The van der Waals surface area contributed by atoms with E-state index in [0.717, 1.165) is 6.42 Å². The number of amides is 1. The summed E-state index contributed by atoms with van der Waals surface area (Å²) in [7, 11) is 0. The Morgan fingerprint density at radius 1 is 1.30 bits per heavy atom. The third-order valence-corrected chi connectivity index (χ3v) is 3.64. The van der Waals surface area contributed by atoms with Crippen LogP contribution in [0.3, 0.4) is 0 Å². The minimum Gasteiger partial charge on any atom is -0.352 e. The van der Waals surface area contributed by atoms with Gasteiger partial charge in [-0.25, -0.2) is 0 Å². The molecule has 0 radical (unpaired) electrons. The fourth-order valence-electron chi connectivity index (χ4n) is 2.41. The second kappa shape index (κ2) is 8.28. The van der Waals surface area contributed by atoms with Crippen LogP contribution in [0.15, 0.2) is 30.3 Å². The number of carbonyl (C=O) groups is 1. The van der Waals surface area contributed by atoms with Gasteiger partial charge in [0.15, 0.2) is 0 Å². The predicted octanol–water partition coefficient (Wildman–Crippen LogP) is 3.02. The first-order valence-electron chi connectivity index (χ1n) is 6.98. The zero-order valence-corrected chi connectivity index (χ0v) is 13.7. The van der Waals surface area contributed by atoms with Crippen LogP contribution in [0.4, 0.5) is 0 Å². The monoisotopic (exact) mass is 298 g/mol. The van der Waals surface area contributed by atoms with Gasteiger partial charge in [-0.2, -0.15) is 0 Å². The van der Waals surface area contributed by atoms with E-state index in [1.54, 1.807) is 0 Å². The Labute approximate surface area is 128 Å². The molecule has 0 saturated carbocycles. The molecule has 2 atom stereocenters. The van der Waals surface area contributed by atoms with Gasteiger partial charge < -0.3 is 11.1 Å². The molecule has 0 aliphatic heterocycles. The molecule has 1 aromatic carbocycles. The number of benzene rings is 1. The average Bonchev–Trinajstić information content (AvgIpc) is 2.36. The minimum absolute atomic E-state index is 0. The van der Waals surface area contributed by atoms with E-state index in [9.17, 15) is 4.79 Å². The number of nitrogens with two attached hydrogens (primary N) is 1. The molecule has 2 unspecified atom stereocenters. The Kier molecular flexibility index (Phi) is 7.84. The molecule has 0 saturated heterocycles. The van der Waals surface area contributed by atoms with Crippen LogP contribution in [-0.4, -0.2) is 18.0 Å². The normalized spacial score (nSPS) is 14.1. The Bertz CT molecular complexity index is 404. The van der Waals surface area contributed by atoms with Gasteiger partial charge in [0, 0.05) is 23.9 Å². The first kappa shape index (κ1) is 18.9. The second-order valence-corrected chi connectivity index (χ2v) is 5.80. The lowest BCUT2D eigenvalue weighted by atomic mass is 9.76. The first-order valence-corrected chi connectivity index (χ1v) is 6.98. The Balaban J connectivity index is 0.00000361. The standard InChI is InChI=1S/C16H26N2O.ClH/c1-5-14(18-15(19)11-12(2)17)16(3,4)13-9-7-6-8-10-13;/h6-10,12,14H,5,11,17H2,1-4H3,(H,18,19);1H. The smallest absolute Gasteiger partial charge is 0.221 e. The number of hydrogen-bond acceptors (Lipinski definition) is 2. The Hall–Kier alpha value is -1.06. The van der Waals surface area contributed by atoms with Crippen LogP contribution in [0.25, 0.3) is 0 Å². The number of halogens is 1. The maximum Gasteiger partial charge on any atom is 0.221 e. The van der Waals surface area contributed by atoms with E-state index in [2.05, 4.69) is 38.2 Å². The molecule has 0 spiro atoms. The average molecular weight is 299 g/mol. The highest BCUT2D eigenvalue weighted by Gasteiger charge is 2.31. The lowest BCUT2D eigenvalue weighted by molar-refractivity contribution is -0.122. The predicted molar refractivity (Wildman–Crippen MR) is 87.2 cm³/mol. The molecule has 0 heterocycles. The summed E-state index contributed by atoms with van der Waals surface area (Å²) in [6, 6.07) is 10.3. The number of carbonyl (C=O) groups excluding carboxylic acids is 1. The van der Waals surface area contributed by atoms with Gasteiger partial charge in [-0.3, -0.25) is 4.79 Å². The van der Waals surface area contributed by atoms with Crippen LogP contribution in [0.1, 0.15) is 46.1 Å². The Morgan fingerprint density at radius 3 is 2.30 bits per heavy atom. The van der Waals surface area contributed by atoms with Gasteiger partial charge in [0.05, 0.1) is 0 Å². The van der Waals surface area contributed by atoms with Crippen molar-refractivity contribution < 1.29 is 4.79 Å². The molecular weight excluding hydrogens is 272 g/mol. The van der Waals surface area contributed by atoms with Crippen LogP contribution in [0, 0.1) is 0 Å². The molecule has 0 fully saturated rings. The molecule has 20 heavy (non-hydrogen) atoms. The van der Waals surface area contributed by atoms with Crippen LogP contribution < -0.4 is 11.1 Å². The van der Waals surface area contributed by atoms with E-state index < -0.39 is 0 Å². The molecule has 4 heteroatoms. The molecule has 114 valence electrons. The third kappa shape index (κ3) is 5.14. The molecular formula is C16H27ClN2O. The van der Waals surface area contributed by atoms with Crippen molar-refractivity contribution in [1.29, 1.82) is 0 Å². The van der Waals surface area contributed by atoms with E-state index in [1.807, 2.05) is 25.1 Å². The SMILES string of the molecule is CCC(NC(=O)CC(C)N)C(C)(C)c1ccccc1.Cl. The van der Waals surface area contributed by atoms with Crippen molar-refractivity contribution in [2.45, 2.75) is 58.0 Å². The van der Waals surface area contributed by atoms with Gasteiger partial charge in [-0.05, 0) is 18.9 Å². The summed E-state index contributed by atoms with van der Waals surface area (Å²) in [5.74, 6) is 0.0332. The number of hydrogen-bond donors (Lipinski definition) is 2. The van der Waals surface area contributed by atoms with Gasteiger partial charge in [0.1, 0.15) is 0 Å². The van der Waals surface area contributed by atoms with Crippen molar-refractivity contribution in [2.24, 2.45) is 5.73 Å². The quantitative estimate of drug-likeness (QED) is 0.848. The molecule has 0 aliphatic rings. The summed E-state index contributed by atoms with van der Waals surface area (Å²) in [5, 5.41) is 3.12. The maximum absolute atomic E-state index is 11.9. The van der Waals surface area contributed by atoms with Crippen LogP contribution >= 0.6 is 12.4 Å². The summed E-state index contributed by atoms with van der Waals surface area (Å²) in [5.41, 5.74) is 6.81. The van der Waals surface area contributed by atoms with Crippen molar-refractivity contribution in [1.82, 2.24) is 5.32 Å². The molecule has 1 rings (SSSR count). The van der Waals surface area contributed by atoms with Crippen LogP contribution in [-0.2, 0) is 10.2 Å². The molecule has 0 aliphatic carbocycles. The summed E-state index contributed by atoms with van der Waals surface area (Å²) in [4.78, 5) is 11.9. The summed E-state index contributed by atoms with van der Waals surface area (Å²) in [6.07, 6.45) is 1.27. The molecule has 3 nitrogen and oxygen atoms in total. The molecule has 1 aromatic rings. The zero-order valence-electron chi connectivity index (χ0n) is 12.8. The molecule has 0 aromatic heterocycles. The molecule has 0 bridgehead atoms. The third-order valence-electron chi connectivity index (χ3n) is 3.64. The van der Waals surface area contributed by atoms with Crippen molar-refractivity contribution in [3.05, 3.63) is 35.9 Å². The van der Waals surface area contributed by atoms with Gasteiger partial charge in [0.25, 0.3) is 0 Å². The summed E-state index contributed by atoms with van der Waals surface area (Å²) < 4.78 is 0. The van der Waals surface area contributed by atoms with Gasteiger partial charge in [-0.1, -0.05) is 51.1 Å². The lowest BCUT2D eigenvalue weighted by Crippen LogP contribution is -2.48. The van der Waals surface area contributed by atoms with E-state index in [1.165, 1.54) is 5.56 Å². The maximum atomic E-state index is 11.9. The van der Waals surface area contributed by atoms with E-state index in [-0.39, 0.29) is 35.8 Å². The van der Waals surface area contributed by atoms with Crippen LogP contribution in [0.5, 0.6) is 0 Å². The number of rotatable bonds is 6. The van der Waals surface area contributed by atoms with E-state index in [4.69, 9.17) is 5.73 Å². The summed E-state index contributed by atoms with van der Waals surface area (Å²) in [6.45, 7) is 8.29. The molecule has 1 amide bonds. The van der Waals surface area contributed by atoms with E-state index >= 15 is 0 Å².